The van der Waals surface area contributed by atoms with Crippen molar-refractivity contribution in [3.8, 4) is 11.5 Å². The molecule has 0 unspecified atom stereocenters. The summed E-state index contributed by atoms with van der Waals surface area (Å²) in [7, 11) is 1.98. The number of likely N-dealkylation sites (N-methyl/N-ethyl adjacent to an activating group) is 2. The number of anilines is 2. The van der Waals surface area contributed by atoms with Gasteiger partial charge in [-0.25, -0.2) is 31.5 Å². The third-order valence-corrected chi connectivity index (χ3v) is 12.4. The van der Waals surface area contributed by atoms with E-state index in [0.29, 0.717) is 55.0 Å². The number of alkyl halides is 3. The Balaban J connectivity index is 1.32. The van der Waals surface area contributed by atoms with Gasteiger partial charge in [-0.15, -0.1) is 0 Å². The van der Waals surface area contributed by atoms with Crippen molar-refractivity contribution in [2.45, 2.75) is 54.9 Å². The maximum Gasteiger partial charge on any atom is 0.416 e. The van der Waals surface area contributed by atoms with Crippen LogP contribution in [0.5, 0.6) is 11.5 Å². The van der Waals surface area contributed by atoms with Crippen molar-refractivity contribution in [3.63, 3.8) is 0 Å². The average molecular weight is 775 g/mol. The Morgan fingerprint density at radius 2 is 1.74 bits per heavy atom. The Morgan fingerprint density at radius 3 is 2.37 bits per heavy atom. The second kappa shape index (κ2) is 15.7. The van der Waals surface area contributed by atoms with Gasteiger partial charge < -0.3 is 19.3 Å². The number of aryl methyl sites for hydroxylation is 1. The molecule has 54 heavy (non-hydrogen) atoms. The number of methoxy groups -OCH3 is 2. The van der Waals surface area contributed by atoms with Crippen LogP contribution in [0.1, 0.15) is 36.0 Å². The molecular weight excluding hydrogens is 732 g/mol. The molecule has 4 aromatic rings. The van der Waals surface area contributed by atoms with Crippen LogP contribution in [-0.4, -0.2) is 94.3 Å². The Bertz CT molecular complexity index is 2030. The third kappa shape index (κ3) is 8.10. The highest BCUT2D eigenvalue weighted by molar-refractivity contribution is 7.92. The minimum atomic E-state index is -4.91. The van der Waals surface area contributed by atoms with Gasteiger partial charge in [-0.2, -0.15) is 13.2 Å². The quantitative estimate of drug-likeness (QED) is 0.143. The van der Waals surface area contributed by atoms with Gasteiger partial charge in [0, 0.05) is 67.3 Å². The second-order valence-corrected chi connectivity index (χ2v) is 15.7. The first-order valence-electron chi connectivity index (χ1n) is 17.5. The number of likely N-dealkylation sites (tertiary alicyclic amines) is 1. The van der Waals surface area contributed by atoms with Crippen LogP contribution in [0.15, 0.2) is 78.1 Å². The van der Waals surface area contributed by atoms with E-state index in [2.05, 4.69) is 19.8 Å². The highest BCUT2D eigenvalue weighted by Crippen LogP contribution is 2.39. The Kier molecular flexibility index (Phi) is 11.4. The predicted molar refractivity (Wildman–Crippen MR) is 194 cm³/mol. The standard InChI is InChI=1S/C38H43F5N6O4S/c1-46-22-30(23-46)47(2)37(14-11-26-7-5-8-28(17-26)38(41,42)43)13-6-16-48(24-37)29-18-32(39)36(33(40)19-29)54(50,51)49(35-12-15-44-25-45-35)21-27-9-10-31(52-3)20-34(27)53-4/h5,7-10,12,15,17-20,25,30H,6,11,13-14,16,21-24H2,1-4H3/t37-/m1/s1. The SMILES string of the molecule is COc1ccc(CN(c2ccncn2)S(=O)(=O)c2c(F)cc(N3CCC[C@](CCc4cccc(C(F)(F)F)c4)(N(C)C4CN(C)C4)C3)cc2F)c(OC)c1. The molecule has 0 spiro atoms. The highest BCUT2D eigenvalue weighted by atomic mass is 32.2. The molecule has 2 saturated heterocycles. The van der Waals surface area contributed by atoms with Crippen LogP contribution in [0.3, 0.4) is 0 Å². The molecule has 2 fully saturated rings. The lowest BCUT2D eigenvalue weighted by Crippen LogP contribution is -2.67. The zero-order valence-electron chi connectivity index (χ0n) is 30.5. The lowest BCUT2D eigenvalue weighted by atomic mass is 9.80. The van der Waals surface area contributed by atoms with Gasteiger partial charge in [0.25, 0.3) is 10.0 Å². The number of sulfonamides is 1. The summed E-state index contributed by atoms with van der Waals surface area (Å²) in [6.45, 7) is 2.01. The molecule has 10 nitrogen and oxygen atoms in total. The van der Waals surface area contributed by atoms with Gasteiger partial charge in [-0.1, -0.05) is 18.2 Å². The first-order valence-corrected chi connectivity index (χ1v) is 18.9. The molecular formula is C38H43F5N6O4S. The van der Waals surface area contributed by atoms with Crippen LogP contribution < -0.4 is 18.7 Å². The summed E-state index contributed by atoms with van der Waals surface area (Å²) in [5.41, 5.74) is -0.161. The van der Waals surface area contributed by atoms with E-state index in [9.17, 15) is 21.6 Å². The van der Waals surface area contributed by atoms with Gasteiger partial charge in [-0.3, -0.25) is 4.90 Å². The van der Waals surface area contributed by atoms with Gasteiger partial charge in [0.2, 0.25) is 0 Å². The Hall–Kier alpha value is -4.54. The molecule has 0 radical (unpaired) electrons. The molecule has 0 bridgehead atoms. The van der Waals surface area contributed by atoms with Gasteiger partial charge in [0.15, 0.2) is 4.90 Å². The largest absolute Gasteiger partial charge is 0.497 e. The minimum absolute atomic E-state index is 0.114. The van der Waals surface area contributed by atoms with Gasteiger partial charge in [0.1, 0.15) is 35.3 Å². The molecule has 2 aliphatic rings. The molecule has 0 aliphatic carbocycles. The van der Waals surface area contributed by atoms with Crippen molar-refractivity contribution in [2.75, 3.05) is 63.7 Å². The van der Waals surface area contributed by atoms with Gasteiger partial charge in [0.05, 0.1) is 26.3 Å². The number of benzene rings is 3. The molecule has 3 heterocycles. The van der Waals surface area contributed by atoms with Gasteiger partial charge >= 0.3 is 6.18 Å². The van der Waals surface area contributed by atoms with Crippen molar-refractivity contribution in [1.82, 2.24) is 19.8 Å². The third-order valence-electron chi connectivity index (χ3n) is 10.6. The van der Waals surface area contributed by atoms with Crippen molar-refractivity contribution < 1.29 is 39.8 Å². The van der Waals surface area contributed by atoms with Crippen LogP contribution in [0.2, 0.25) is 0 Å². The number of nitrogens with zero attached hydrogens (tertiary/aromatic N) is 6. The topological polar surface area (TPSA) is 91.3 Å². The molecule has 1 aromatic heterocycles. The van der Waals surface area contributed by atoms with E-state index in [1.165, 1.54) is 38.6 Å². The summed E-state index contributed by atoms with van der Waals surface area (Å²) in [6.07, 6.45) is 0.214. The summed E-state index contributed by atoms with van der Waals surface area (Å²) >= 11 is 0. The smallest absolute Gasteiger partial charge is 0.416 e. The number of hydrogen-bond acceptors (Lipinski definition) is 9. The molecule has 6 rings (SSSR count). The van der Waals surface area contributed by atoms with Crippen molar-refractivity contribution in [1.29, 1.82) is 0 Å². The van der Waals surface area contributed by atoms with E-state index in [1.807, 2.05) is 19.0 Å². The van der Waals surface area contributed by atoms with E-state index >= 15 is 8.78 Å². The molecule has 3 aromatic carbocycles. The van der Waals surface area contributed by atoms with Crippen LogP contribution >= 0.6 is 0 Å². The summed E-state index contributed by atoms with van der Waals surface area (Å²) in [6, 6.07) is 13.6. The van der Waals surface area contributed by atoms with Crippen LogP contribution in [-0.2, 0) is 29.2 Å². The lowest BCUT2D eigenvalue weighted by Gasteiger charge is -2.55. The van der Waals surface area contributed by atoms with E-state index in [-0.39, 0.29) is 24.1 Å². The zero-order valence-corrected chi connectivity index (χ0v) is 31.3. The number of ether oxygens (including phenoxy) is 2. The summed E-state index contributed by atoms with van der Waals surface area (Å²) in [4.78, 5) is 13.1. The predicted octanol–water partition coefficient (Wildman–Crippen LogP) is 6.40. The zero-order chi connectivity index (χ0) is 38.8. The van der Waals surface area contributed by atoms with Crippen LogP contribution in [0.25, 0.3) is 0 Å². The Morgan fingerprint density at radius 1 is 1.00 bits per heavy atom. The van der Waals surface area contributed by atoms with Crippen molar-refractivity contribution in [2.24, 2.45) is 0 Å². The first-order chi connectivity index (χ1) is 25.6. The summed E-state index contributed by atoms with van der Waals surface area (Å²) in [5, 5.41) is 0. The molecule has 16 heteroatoms. The molecule has 0 saturated carbocycles. The lowest BCUT2D eigenvalue weighted by molar-refractivity contribution is -0.137. The number of hydrogen-bond donors (Lipinski definition) is 0. The minimum Gasteiger partial charge on any atom is -0.497 e. The monoisotopic (exact) mass is 774 g/mol. The van der Waals surface area contributed by atoms with Crippen LogP contribution in [0.4, 0.5) is 33.5 Å². The second-order valence-electron chi connectivity index (χ2n) is 13.9. The van der Waals surface area contributed by atoms with E-state index < -0.39 is 43.8 Å². The molecule has 0 N–H and O–H groups in total. The van der Waals surface area contributed by atoms with E-state index in [0.717, 1.165) is 48.3 Å². The maximum atomic E-state index is 16.3. The highest BCUT2D eigenvalue weighted by Gasteiger charge is 2.44. The Labute approximate surface area is 312 Å². The number of aromatic nitrogens is 2. The van der Waals surface area contributed by atoms with E-state index in [4.69, 9.17) is 9.47 Å². The van der Waals surface area contributed by atoms with Crippen molar-refractivity contribution in [3.05, 3.63) is 102 Å². The van der Waals surface area contributed by atoms with Crippen molar-refractivity contribution >= 4 is 21.5 Å². The number of piperidine rings is 1. The fourth-order valence-electron chi connectivity index (χ4n) is 7.52. The number of halogens is 5. The number of rotatable bonds is 13. The summed E-state index contributed by atoms with van der Waals surface area (Å²) < 4.78 is 113. The maximum absolute atomic E-state index is 16.3. The molecule has 0 amide bonds. The molecule has 2 aliphatic heterocycles. The fraction of sp³-hybridized carbons (Fsp3) is 0.421. The normalized spacial score (nSPS) is 18.4. The molecule has 1 atom stereocenters. The van der Waals surface area contributed by atoms with Crippen LogP contribution in [0, 0.1) is 11.6 Å². The average Bonchev–Trinajstić information content (AvgIpc) is 3.14. The summed E-state index contributed by atoms with van der Waals surface area (Å²) in [5.74, 6) is -1.92. The molecule has 290 valence electrons. The van der Waals surface area contributed by atoms with Gasteiger partial charge in [-0.05, 0) is 75.7 Å². The first kappa shape index (κ1) is 39.2. The van der Waals surface area contributed by atoms with E-state index in [1.54, 1.807) is 24.3 Å². The fourth-order valence-corrected chi connectivity index (χ4v) is 9.02.